The molecule has 5 heteroatoms. The van der Waals surface area contributed by atoms with Gasteiger partial charge in [-0.3, -0.25) is 9.59 Å². The highest BCUT2D eigenvalue weighted by molar-refractivity contribution is 5.95. The maximum atomic E-state index is 12.5. The van der Waals surface area contributed by atoms with Crippen LogP contribution in [0.25, 0.3) is 0 Å². The Balaban J connectivity index is 1.92. The molecule has 2 rings (SSSR count). The first-order valence-corrected chi connectivity index (χ1v) is 8.84. The lowest BCUT2D eigenvalue weighted by atomic mass is 10.0. The number of carbonyl (C=O) groups excluding carboxylic acids is 2. The molecule has 24 heavy (non-hydrogen) atoms. The fourth-order valence-electron chi connectivity index (χ4n) is 2.79. The van der Waals surface area contributed by atoms with Crippen molar-refractivity contribution in [1.29, 1.82) is 0 Å². The summed E-state index contributed by atoms with van der Waals surface area (Å²) in [6.45, 7) is 5.40. The molecule has 1 fully saturated rings. The van der Waals surface area contributed by atoms with E-state index in [0.29, 0.717) is 11.3 Å². The maximum Gasteiger partial charge on any atom is 0.253 e. The quantitative estimate of drug-likeness (QED) is 0.871. The molecule has 1 aromatic rings. The summed E-state index contributed by atoms with van der Waals surface area (Å²) in [6, 6.07) is 6.98. The number of nitrogens with zero attached hydrogens (tertiary/aromatic N) is 1. The SMILES string of the molecule is CC(C)C(O)CC(=O)Nc1ccc(C(=O)N2CCCCCC2)cc1. The fraction of sp³-hybridized carbons (Fsp3) is 0.579. The first kappa shape index (κ1) is 18.5. The van der Waals surface area contributed by atoms with Crippen LogP contribution < -0.4 is 5.32 Å². The number of hydrogen-bond acceptors (Lipinski definition) is 3. The number of anilines is 1. The van der Waals surface area contributed by atoms with Gasteiger partial charge in [0, 0.05) is 24.3 Å². The van der Waals surface area contributed by atoms with Gasteiger partial charge in [0.05, 0.1) is 12.5 Å². The summed E-state index contributed by atoms with van der Waals surface area (Å²) in [5.41, 5.74) is 1.29. The first-order chi connectivity index (χ1) is 11.5. The molecule has 1 aromatic carbocycles. The molecule has 0 radical (unpaired) electrons. The monoisotopic (exact) mass is 332 g/mol. The Bertz CT molecular complexity index is 546. The standard InChI is InChI=1S/C19H28N2O3/c1-14(2)17(22)13-18(23)20-16-9-7-15(8-10-16)19(24)21-11-5-3-4-6-12-21/h7-10,14,17,22H,3-6,11-13H2,1-2H3,(H,20,23). The third kappa shape index (κ3) is 5.34. The summed E-state index contributed by atoms with van der Waals surface area (Å²) in [4.78, 5) is 26.3. The Morgan fingerprint density at radius 2 is 1.67 bits per heavy atom. The minimum Gasteiger partial charge on any atom is -0.392 e. The molecule has 5 nitrogen and oxygen atoms in total. The van der Waals surface area contributed by atoms with E-state index >= 15 is 0 Å². The fourth-order valence-corrected chi connectivity index (χ4v) is 2.79. The van der Waals surface area contributed by atoms with Gasteiger partial charge in [0.1, 0.15) is 0 Å². The second-order valence-electron chi connectivity index (χ2n) is 6.85. The molecule has 1 atom stereocenters. The van der Waals surface area contributed by atoms with Gasteiger partial charge in [0.25, 0.3) is 5.91 Å². The van der Waals surface area contributed by atoms with Gasteiger partial charge in [-0.15, -0.1) is 0 Å². The topological polar surface area (TPSA) is 69.6 Å². The summed E-state index contributed by atoms with van der Waals surface area (Å²) in [5.74, 6) is -0.114. The van der Waals surface area contributed by atoms with Crippen molar-refractivity contribution < 1.29 is 14.7 Å². The van der Waals surface area contributed by atoms with Gasteiger partial charge >= 0.3 is 0 Å². The van der Waals surface area contributed by atoms with Crippen molar-refractivity contribution >= 4 is 17.5 Å². The number of benzene rings is 1. The van der Waals surface area contributed by atoms with Gasteiger partial charge in [-0.2, -0.15) is 0 Å². The van der Waals surface area contributed by atoms with E-state index in [2.05, 4.69) is 5.32 Å². The highest BCUT2D eigenvalue weighted by Crippen LogP contribution is 2.16. The van der Waals surface area contributed by atoms with Gasteiger partial charge in [-0.05, 0) is 43.0 Å². The summed E-state index contributed by atoms with van der Waals surface area (Å²) in [7, 11) is 0. The van der Waals surface area contributed by atoms with Crippen molar-refractivity contribution in [3.63, 3.8) is 0 Å². The Hall–Kier alpha value is -1.88. The summed E-state index contributed by atoms with van der Waals surface area (Å²) in [6.07, 6.45) is 3.95. The molecule has 0 saturated carbocycles. The van der Waals surface area contributed by atoms with E-state index in [4.69, 9.17) is 0 Å². The van der Waals surface area contributed by atoms with Crippen LogP contribution in [0.3, 0.4) is 0 Å². The van der Waals surface area contributed by atoms with Crippen molar-refractivity contribution in [3.05, 3.63) is 29.8 Å². The summed E-state index contributed by atoms with van der Waals surface area (Å²) >= 11 is 0. The molecule has 1 aliphatic heterocycles. The molecule has 1 heterocycles. The van der Waals surface area contributed by atoms with E-state index in [0.717, 1.165) is 25.9 Å². The minimum atomic E-state index is -0.645. The van der Waals surface area contributed by atoms with Gasteiger partial charge in [-0.1, -0.05) is 26.7 Å². The number of hydrogen-bond donors (Lipinski definition) is 2. The Labute approximate surface area is 144 Å². The zero-order chi connectivity index (χ0) is 17.5. The molecular weight excluding hydrogens is 304 g/mol. The lowest BCUT2D eigenvalue weighted by Crippen LogP contribution is -2.31. The van der Waals surface area contributed by atoms with Crippen molar-refractivity contribution in [2.24, 2.45) is 5.92 Å². The molecule has 0 aromatic heterocycles. The average molecular weight is 332 g/mol. The molecule has 0 aliphatic carbocycles. The predicted molar refractivity (Wildman–Crippen MR) is 94.9 cm³/mol. The molecule has 0 bridgehead atoms. The minimum absolute atomic E-state index is 0.0457. The van der Waals surface area contributed by atoms with Crippen LogP contribution in [-0.4, -0.2) is 41.0 Å². The average Bonchev–Trinajstić information content (AvgIpc) is 2.84. The third-order valence-electron chi connectivity index (χ3n) is 4.47. The summed E-state index contributed by atoms with van der Waals surface area (Å²) in [5, 5.41) is 12.5. The van der Waals surface area contributed by atoms with Crippen LogP contribution in [0.5, 0.6) is 0 Å². The largest absolute Gasteiger partial charge is 0.392 e. The van der Waals surface area contributed by atoms with Crippen molar-refractivity contribution in [3.8, 4) is 0 Å². The molecule has 132 valence electrons. The van der Waals surface area contributed by atoms with Gasteiger partial charge in [-0.25, -0.2) is 0 Å². The van der Waals surface area contributed by atoms with Gasteiger partial charge in [0.2, 0.25) is 5.91 Å². The van der Waals surface area contributed by atoms with Crippen LogP contribution >= 0.6 is 0 Å². The third-order valence-corrected chi connectivity index (χ3v) is 4.47. The smallest absolute Gasteiger partial charge is 0.253 e. The molecule has 2 N–H and O–H groups in total. The van der Waals surface area contributed by atoms with Crippen LogP contribution in [0, 0.1) is 5.92 Å². The molecular formula is C19H28N2O3. The summed E-state index contributed by atoms with van der Waals surface area (Å²) < 4.78 is 0. The Kier molecular flexibility index (Phi) is 6.79. The van der Waals surface area contributed by atoms with E-state index in [1.54, 1.807) is 24.3 Å². The van der Waals surface area contributed by atoms with Crippen LogP contribution in [-0.2, 0) is 4.79 Å². The van der Waals surface area contributed by atoms with Gasteiger partial charge < -0.3 is 15.3 Å². The number of amides is 2. The van der Waals surface area contributed by atoms with Crippen molar-refractivity contribution in [2.45, 2.75) is 52.1 Å². The van der Waals surface area contributed by atoms with Crippen molar-refractivity contribution in [1.82, 2.24) is 4.90 Å². The van der Waals surface area contributed by atoms with E-state index in [9.17, 15) is 14.7 Å². The highest BCUT2D eigenvalue weighted by Gasteiger charge is 2.18. The van der Waals surface area contributed by atoms with Crippen LogP contribution in [0.4, 0.5) is 5.69 Å². The second kappa shape index (κ2) is 8.83. The molecule has 1 aliphatic rings. The number of nitrogens with one attached hydrogen (secondary N) is 1. The normalized spacial score (nSPS) is 16.6. The van der Waals surface area contributed by atoms with Crippen LogP contribution in [0.1, 0.15) is 56.3 Å². The van der Waals surface area contributed by atoms with Crippen molar-refractivity contribution in [2.75, 3.05) is 18.4 Å². The van der Waals surface area contributed by atoms with Crippen LogP contribution in [0.15, 0.2) is 24.3 Å². The number of aliphatic hydroxyl groups is 1. The molecule has 0 spiro atoms. The zero-order valence-electron chi connectivity index (χ0n) is 14.6. The molecule has 1 unspecified atom stereocenters. The number of aliphatic hydroxyl groups excluding tert-OH is 1. The van der Waals surface area contributed by atoms with E-state index in [-0.39, 0.29) is 24.2 Å². The van der Waals surface area contributed by atoms with Crippen LogP contribution in [0.2, 0.25) is 0 Å². The molecule has 1 saturated heterocycles. The lowest BCUT2D eigenvalue weighted by molar-refractivity contribution is -0.118. The Morgan fingerprint density at radius 3 is 2.21 bits per heavy atom. The van der Waals surface area contributed by atoms with E-state index in [1.807, 2.05) is 18.7 Å². The van der Waals surface area contributed by atoms with Gasteiger partial charge in [0.15, 0.2) is 0 Å². The van der Waals surface area contributed by atoms with E-state index in [1.165, 1.54) is 12.8 Å². The second-order valence-corrected chi connectivity index (χ2v) is 6.85. The molecule has 2 amide bonds. The number of rotatable bonds is 5. The first-order valence-electron chi connectivity index (χ1n) is 8.84. The zero-order valence-corrected chi connectivity index (χ0v) is 14.6. The van der Waals surface area contributed by atoms with E-state index < -0.39 is 6.10 Å². The maximum absolute atomic E-state index is 12.5. The number of carbonyl (C=O) groups is 2. The highest BCUT2D eigenvalue weighted by atomic mass is 16.3. The lowest BCUT2D eigenvalue weighted by Gasteiger charge is -2.20. The Morgan fingerprint density at radius 1 is 1.08 bits per heavy atom. The number of likely N-dealkylation sites (tertiary alicyclic amines) is 1. The predicted octanol–water partition coefficient (Wildman–Crippen LogP) is 3.05.